The highest BCUT2D eigenvalue weighted by Crippen LogP contribution is 2.29. The summed E-state index contributed by atoms with van der Waals surface area (Å²) in [6, 6.07) is 6.08. The van der Waals surface area contributed by atoms with Gasteiger partial charge in [0.05, 0.1) is 17.5 Å². The van der Waals surface area contributed by atoms with Crippen LogP contribution in [0, 0.1) is 12.8 Å². The lowest BCUT2D eigenvalue weighted by Gasteiger charge is -2.36. The molecule has 2 aromatic heterocycles. The van der Waals surface area contributed by atoms with E-state index in [1.165, 1.54) is 29.5 Å². The molecule has 2 N–H and O–H groups in total. The first kappa shape index (κ1) is 21.9. The van der Waals surface area contributed by atoms with Gasteiger partial charge in [0.25, 0.3) is 0 Å². The molecule has 9 heteroatoms. The van der Waals surface area contributed by atoms with Crippen LogP contribution in [0.25, 0.3) is 0 Å². The van der Waals surface area contributed by atoms with E-state index in [0.717, 1.165) is 19.0 Å². The largest absolute Gasteiger partial charge is 0.360 e. The highest BCUT2D eigenvalue weighted by molar-refractivity contribution is 8.00. The van der Waals surface area contributed by atoms with Crippen molar-refractivity contribution in [3.8, 4) is 0 Å². The molecule has 1 atom stereocenters. The predicted molar refractivity (Wildman–Crippen MR) is 117 cm³/mol. The second kappa shape index (κ2) is 10.8. The van der Waals surface area contributed by atoms with Crippen LogP contribution >= 0.6 is 23.1 Å². The topological polar surface area (TPSA) is 87.5 Å². The number of aromatic nitrogens is 1. The number of piperidine rings is 1. The second-order valence-electron chi connectivity index (χ2n) is 7.42. The number of rotatable bonds is 9. The van der Waals surface area contributed by atoms with Crippen LogP contribution < -0.4 is 10.6 Å². The third-order valence-electron chi connectivity index (χ3n) is 4.98. The maximum absolute atomic E-state index is 12.3. The van der Waals surface area contributed by atoms with Gasteiger partial charge in [-0.25, -0.2) is 0 Å². The Hall–Kier alpha value is -1.84. The summed E-state index contributed by atoms with van der Waals surface area (Å²) in [5.41, 5.74) is 0. The lowest BCUT2D eigenvalue weighted by atomic mass is 9.97. The molecule has 1 aliphatic rings. The number of thioether (sulfide) groups is 1. The Kier molecular flexibility index (Phi) is 8.14. The van der Waals surface area contributed by atoms with Gasteiger partial charge in [-0.1, -0.05) is 18.1 Å². The Morgan fingerprint density at radius 3 is 2.76 bits per heavy atom. The molecule has 0 radical (unpaired) electrons. The van der Waals surface area contributed by atoms with Crippen molar-refractivity contribution in [1.82, 2.24) is 15.4 Å². The number of likely N-dealkylation sites (tertiary alicyclic amines) is 1. The average molecular weight is 437 g/mol. The van der Waals surface area contributed by atoms with E-state index in [9.17, 15) is 9.59 Å². The van der Waals surface area contributed by atoms with Crippen LogP contribution in [-0.2, 0) is 9.59 Å². The van der Waals surface area contributed by atoms with Gasteiger partial charge in [-0.2, -0.15) is 0 Å². The molecule has 0 bridgehead atoms. The normalized spacial score (nSPS) is 16.5. The molecule has 158 valence electrons. The van der Waals surface area contributed by atoms with Crippen molar-refractivity contribution < 1.29 is 14.1 Å². The smallest absolute Gasteiger partial charge is 0.235 e. The van der Waals surface area contributed by atoms with Gasteiger partial charge >= 0.3 is 0 Å². The maximum atomic E-state index is 12.3. The van der Waals surface area contributed by atoms with Crippen LogP contribution in [-0.4, -0.2) is 53.0 Å². The van der Waals surface area contributed by atoms with Crippen LogP contribution in [0.2, 0.25) is 0 Å². The van der Waals surface area contributed by atoms with Crippen molar-refractivity contribution >= 4 is 40.7 Å². The zero-order chi connectivity index (χ0) is 20.6. The first-order valence-corrected chi connectivity index (χ1v) is 11.9. The first-order valence-electron chi connectivity index (χ1n) is 9.86. The number of carbonyl (C=O) groups is 2. The molecule has 0 saturated carbocycles. The number of carbonyl (C=O) groups excluding carboxylic acids is 2. The lowest BCUT2D eigenvalue weighted by Crippen LogP contribution is -2.42. The molecule has 3 heterocycles. The molecule has 1 fully saturated rings. The molecule has 0 aromatic carbocycles. The Bertz CT molecular complexity index is 786. The fraction of sp³-hybridized carbons (Fsp3) is 0.550. The third-order valence-corrected chi connectivity index (χ3v) is 6.89. The lowest BCUT2D eigenvalue weighted by molar-refractivity contribution is -0.118. The molecular formula is C20H28N4O3S2. The molecule has 0 spiro atoms. The molecule has 7 nitrogen and oxygen atoms in total. The van der Waals surface area contributed by atoms with Gasteiger partial charge in [-0.15, -0.1) is 23.1 Å². The Morgan fingerprint density at radius 2 is 2.10 bits per heavy atom. The summed E-state index contributed by atoms with van der Waals surface area (Å²) in [5.74, 6) is 2.00. The van der Waals surface area contributed by atoms with Gasteiger partial charge in [0.2, 0.25) is 11.8 Å². The Morgan fingerprint density at radius 1 is 1.34 bits per heavy atom. The fourth-order valence-electron chi connectivity index (χ4n) is 3.33. The van der Waals surface area contributed by atoms with Crippen molar-refractivity contribution in [2.75, 3.05) is 36.5 Å². The number of nitrogens with zero attached hydrogens (tertiary/aromatic N) is 2. The van der Waals surface area contributed by atoms with Crippen LogP contribution in [0.4, 0.5) is 5.82 Å². The van der Waals surface area contributed by atoms with Gasteiger partial charge in [0.1, 0.15) is 5.76 Å². The number of hydrogen-bond donors (Lipinski definition) is 2. The molecule has 2 amide bonds. The van der Waals surface area contributed by atoms with E-state index in [-0.39, 0.29) is 29.4 Å². The monoisotopic (exact) mass is 436 g/mol. The van der Waals surface area contributed by atoms with E-state index in [0.29, 0.717) is 18.1 Å². The van der Waals surface area contributed by atoms with E-state index < -0.39 is 0 Å². The summed E-state index contributed by atoms with van der Waals surface area (Å²) in [6.07, 6.45) is 2.40. The van der Waals surface area contributed by atoms with Gasteiger partial charge in [0, 0.05) is 17.5 Å². The molecule has 0 aliphatic carbocycles. The summed E-state index contributed by atoms with van der Waals surface area (Å²) in [7, 11) is 0. The van der Waals surface area contributed by atoms with Crippen LogP contribution in [0.1, 0.15) is 36.4 Å². The number of anilines is 1. The maximum Gasteiger partial charge on any atom is 0.235 e. The van der Waals surface area contributed by atoms with E-state index in [1.807, 2.05) is 0 Å². The minimum atomic E-state index is -0.199. The van der Waals surface area contributed by atoms with Gasteiger partial charge in [-0.3, -0.25) is 14.5 Å². The minimum Gasteiger partial charge on any atom is -0.360 e. The number of hydrogen-bond acceptors (Lipinski definition) is 7. The number of aryl methyl sites for hydroxylation is 1. The van der Waals surface area contributed by atoms with E-state index >= 15 is 0 Å². The average Bonchev–Trinajstić information content (AvgIpc) is 3.35. The molecule has 1 saturated heterocycles. The zero-order valence-electron chi connectivity index (χ0n) is 16.8. The Balaban J connectivity index is 1.41. The third kappa shape index (κ3) is 6.87. The number of nitrogens with one attached hydrogen (secondary N) is 2. The zero-order valence-corrected chi connectivity index (χ0v) is 18.5. The van der Waals surface area contributed by atoms with Gasteiger partial charge < -0.3 is 15.2 Å². The standard InChI is InChI=1S/C20H28N4O3S2/c1-14-5-7-24(8-6-14)16(17-4-3-9-29-17)11-21-19(25)12-28-13-20(26)22-18-10-15(2)27-23-18/h3-4,9-10,14,16H,5-8,11-13H2,1-2H3,(H,21,25)(H,22,23,26). The number of amides is 2. The van der Waals surface area contributed by atoms with E-state index in [1.54, 1.807) is 24.3 Å². The van der Waals surface area contributed by atoms with E-state index in [4.69, 9.17) is 4.52 Å². The quantitative estimate of drug-likeness (QED) is 0.627. The van der Waals surface area contributed by atoms with Crippen molar-refractivity contribution in [3.05, 3.63) is 34.2 Å². The first-order chi connectivity index (χ1) is 14.0. The summed E-state index contributed by atoms with van der Waals surface area (Å²) >= 11 is 3.02. The van der Waals surface area contributed by atoms with Crippen LogP contribution in [0.15, 0.2) is 28.1 Å². The highest BCUT2D eigenvalue weighted by Gasteiger charge is 2.25. The van der Waals surface area contributed by atoms with Crippen molar-refractivity contribution in [2.24, 2.45) is 5.92 Å². The summed E-state index contributed by atoms with van der Waals surface area (Å²) < 4.78 is 4.91. The minimum absolute atomic E-state index is 0.0491. The van der Waals surface area contributed by atoms with E-state index in [2.05, 4.69) is 45.1 Å². The van der Waals surface area contributed by atoms with Crippen molar-refractivity contribution in [2.45, 2.75) is 32.7 Å². The van der Waals surface area contributed by atoms with Crippen molar-refractivity contribution in [1.29, 1.82) is 0 Å². The predicted octanol–water partition coefficient (Wildman–Crippen LogP) is 3.31. The van der Waals surface area contributed by atoms with Crippen LogP contribution in [0.5, 0.6) is 0 Å². The number of thiophene rings is 1. The molecule has 29 heavy (non-hydrogen) atoms. The fourth-order valence-corrected chi connectivity index (χ4v) is 4.84. The Labute approximate surface area is 179 Å². The summed E-state index contributed by atoms with van der Waals surface area (Å²) in [5, 5.41) is 11.5. The highest BCUT2D eigenvalue weighted by atomic mass is 32.2. The molecule has 1 unspecified atom stereocenters. The summed E-state index contributed by atoms with van der Waals surface area (Å²) in [6.45, 7) is 6.79. The van der Waals surface area contributed by atoms with Gasteiger partial charge in [0.15, 0.2) is 5.82 Å². The van der Waals surface area contributed by atoms with Crippen LogP contribution in [0.3, 0.4) is 0 Å². The molecule has 1 aliphatic heterocycles. The molecule has 2 aromatic rings. The van der Waals surface area contributed by atoms with Gasteiger partial charge in [-0.05, 0) is 50.2 Å². The molecule has 3 rings (SSSR count). The summed E-state index contributed by atoms with van der Waals surface area (Å²) in [4.78, 5) is 28.0. The van der Waals surface area contributed by atoms with Crippen molar-refractivity contribution in [3.63, 3.8) is 0 Å². The second-order valence-corrected chi connectivity index (χ2v) is 9.38. The molecular weight excluding hydrogens is 408 g/mol. The SMILES string of the molecule is Cc1cc(NC(=O)CSCC(=O)NCC(c2cccs2)N2CCC(C)CC2)no1.